The smallest absolute Gasteiger partial charge is 0.307 e. The van der Waals surface area contributed by atoms with Gasteiger partial charge in [0.2, 0.25) is 0 Å². The normalized spacial score (nSPS) is 22.6. The van der Waals surface area contributed by atoms with Gasteiger partial charge < -0.3 is 5.11 Å². The Morgan fingerprint density at radius 1 is 0.900 bits per heavy atom. The lowest BCUT2D eigenvalue weighted by Gasteiger charge is -2.27. The first-order valence-electron chi connectivity index (χ1n) is 8.42. The number of aliphatic carboxylic acids is 1. The Hall–Kier alpha value is -0.860. The van der Waals surface area contributed by atoms with E-state index in [4.69, 9.17) is 0 Å². The van der Waals surface area contributed by atoms with Crippen LogP contribution in [-0.2, 0) is 9.59 Å². The fourth-order valence-electron chi connectivity index (χ4n) is 3.25. The van der Waals surface area contributed by atoms with Crippen LogP contribution in [0, 0.1) is 11.8 Å². The molecule has 0 radical (unpaired) electrons. The zero-order valence-electron chi connectivity index (χ0n) is 12.9. The Morgan fingerprint density at radius 3 is 2.05 bits per heavy atom. The lowest BCUT2D eigenvalue weighted by molar-refractivity contribution is -0.148. The van der Waals surface area contributed by atoms with Crippen molar-refractivity contribution in [2.75, 3.05) is 0 Å². The van der Waals surface area contributed by atoms with Crippen LogP contribution in [0.1, 0.15) is 84.0 Å². The third-order valence-corrected chi connectivity index (χ3v) is 4.52. The Kier molecular flexibility index (Phi) is 8.56. The van der Waals surface area contributed by atoms with Gasteiger partial charge in [-0.15, -0.1) is 0 Å². The molecule has 1 rings (SSSR count). The molecule has 0 aromatic carbocycles. The van der Waals surface area contributed by atoms with E-state index in [-0.39, 0.29) is 11.7 Å². The van der Waals surface area contributed by atoms with Crippen molar-refractivity contribution in [3.8, 4) is 0 Å². The zero-order valence-corrected chi connectivity index (χ0v) is 12.9. The molecule has 0 spiro atoms. The van der Waals surface area contributed by atoms with Crippen LogP contribution in [0.5, 0.6) is 0 Å². The Labute approximate surface area is 123 Å². The molecule has 0 unspecified atom stereocenters. The summed E-state index contributed by atoms with van der Waals surface area (Å²) in [5.41, 5.74) is 0. The molecule has 0 amide bonds. The van der Waals surface area contributed by atoms with Crippen LogP contribution in [0.3, 0.4) is 0 Å². The van der Waals surface area contributed by atoms with Crippen LogP contribution >= 0.6 is 0 Å². The minimum atomic E-state index is -0.775. The van der Waals surface area contributed by atoms with Crippen LogP contribution in [0.4, 0.5) is 0 Å². The van der Waals surface area contributed by atoms with Crippen LogP contribution < -0.4 is 0 Å². The summed E-state index contributed by atoms with van der Waals surface area (Å²) in [6, 6.07) is 0. The number of carbonyl (C=O) groups excluding carboxylic acids is 1. The molecular formula is C17H30O3. The van der Waals surface area contributed by atoms with Crippen molar-refractivity contribution >= 4 is 11.8 Å². The minimum Gasteiger partial charge on any atom is -0.481 e. The summed E-state index contributed by atoms with van der Waals surface area (Å²) in [4.78, 5) is 23.4. The maximum absolute atomic E-state index is 12.2. The number of unbranched alkanes of at least 4 members (excludes halogenated alkanes) is 6. The van der Waals surface area contributed by atoms with Crippen molar-refractivity contribution in [1.82, 2.24) is 0 Å². The molecule has 3 heteroatoms. The van der Waals surface area contributed by atoms with Crippen molar-refractivity contribution in [3.63, 3.8) is 0 Å². The Morgan fingerprint density at radius 2 is 1.45 bits per heavy atom. The highest BCUT2D eigenvalue weighted by Crippen LogP contribution is 2.32. The van der Waals surface area contributed by atoms with E-state index in [1.54, 1.807) is 0 Å². The van der Waals surface area contributed by atoms with E-state index in [2.05, 4.69) is 6.92 Å². The standard InChI is InChI=1S/C17H30O3/c1-2-3-4-5-6-7-8-13-16(18)14-11-9-10-12-15(14)17(19)20/h14-15H,2-13H2,1H3,(H,19,20)/t14-,15+/m0/s1. The summed E-state index contributed by atoms with van der Waals surface area (Å²) < 4.78 is 0. The number of hydrogen-bond donors (Lipinski definition) is 1. The van der Waals surface area contributed by atoms with Gasteiger partial charge in [-0.2, -0.15) is 0 Å². The van der Waals surface area contributed by atoms with Gasteiger partial charge in [-0.1, -0.05) is 58.3 Å². The molecule has 3 nitrogen and oxygen atoms in total. The van der Waals surface area contributed by atoms with E-state index in [1.165, 1.54) is 32.1 Å². The quantitative estimate of drug-likeness (QED) is 0.596. The molecule has 0 aliphatic heterocycles. The molecule has 20 heavy (non-hydrogen) atoms. The van der Waals surface area contributed by atoms with Gasteiger partial charge in [0.25, 0.3) is 0 Å². The van der Waals surface area contributed by atoms with Gasteiger partial charge in [-0.05, 0) is 19.3 Å². The van der Waals surface area contributed by atoms with Crippen LogP contribution in [0.25, 0.3) is 0 Å². The number of rotatable bonds is 10. The van der Waals surface area contributed by atoms with E-state index in [9.17, 15) is 14.7 Å². The number of carboxylic acid groups (broad SMARTS) is 1. The number of Topliss-reactive ketones (excluding diaryl/α,β-unsaturated/α-hetero) is 1. The highest BCUT2D eigenvalue weighted by molar-refractivity contribution is 5.86. The first kappa shape index (κ1) is 17.2. The molecule has 1 aliphatic rings. The molecule has 0 aromatic heterocycles. The average molecular weight is 282 g/mol. The maximum atomic E-state index is 12.2. The molecular weight excluding hydrogens is 252 g/mol. The van der Waals surface area contributed by atoms with Crippen molar-refractivity contribution in [2.24, 2.45) is 11.8 Å². The van der Waals surface area contributed by atoms with Crippen LogP contribution in [0.2, 0.25) is 0 Å². The van der Waals surface area contributed by atoms with Gasteiger partial charge in [0.15, 0.2) is 0 Å². The monoisotopic (exact) mass is 282 g/mol. The fourth-order valence-corrected chi connectivity index (χ4v) is 3.25. The van der Waals surface area contributed by atoms with Gasteiger partial charge in [-0.25, -0.2) is 0 Å². The van der Waals surface area contributed by atoms with Crippen LogP contribution in [0.15, 0.2) is 0 Å². The Balaban J connectivity index is 2.19. The van der Waals surface area contributed by atoms with Crippen molar-refractivity contribution < 1.29 is 14.7 Å². The van der Waals surface area contributed by atoms with Crippen molar-refractivity contribution in [3.05, 3.63) is 0 Å². The summed E-state index contributed by atoms with van der Waals surface area (Å²) in [6.07, 6.45) is 12.4. The topological polar surface area (TPSA) is 54.4 Å². The average Bonchev–Trinajstić information content (AvgIpc) is 2.46. The molecule has 0 bridgehead atoms. The number of ketones is 1. The maximum Gasteiger partial charge on any atom is 0.307 e. The minimum absolute atomic E-state index is 0.200. The van der Waals surface area contributed by atoms with Gasteiger partial charge >= 0.3 is 5.97 Å². The molecule has 1 fully saturated rings. The van der Waals surface area contributed by atoms with E-state index in [1.807, 2.05) is 0 Å². The van der Waals surface area contributed by atoms with Crippen molar-refractivity contribution in [1.29, 1.82) is 0 Å². The molecule has 2 atom stereocenters. The highest BCUT2D eigenvalue weighted by Gasteiger charge is 2.34. The first-order valence-corrected chi connectivity index (χ1v) is 8.42. The summed E-state index contributed by atoms with van der Waals surface area (Å²) in [5.74, 6) is -1.20. The van der Waals surface area contributed by atoms with E-state index in [0.717, 1.165) is 32.1 Å². The summed E-state index contributed by atoms with van der Waals surface area (Å²) in [5, 5.41) is 9.20. The molecule has 1 saturated carbocycles. The fraction of sp³-hybridized carbons (Fsp3) is 0.882. The van der Waals surface area contributed by atoms with Gasteiger partial charge in [0.1, 0.15) is 5.78 Å². The number of carbonyl (C=O) groups is 2. The van der Waals surface area contributed by atoms with Crippen LogP contribution in [-0.4, -0.2) is 16.9 Å². The van der Waals surface area contributed by atoms with Crippen molar-refractivity contribution in [2.45, 2.75) is 84.0 Å². The third kappa shape index (κ3) is 6.06. The second kappa shape index (κ2) is 9.95. The summed E-state index contributed by atoms with van der Waals surface area (Å²) in [6.45, 7) is 2.21. The van der Waals surface area contributed by atoms with Gasteiger partial charge in [0, 0.05) is 12.3 Å². The molecule has 1 N–H and O–H groups in total. The molecule has 0 saturated heterocycles. The van der Waals surface area contributed by atoms with E-state index >= 15 is 0 Å². The van der Waals surface area contributed by atoms with E-state index < -0.39 is 11.9 Å². The molecule has 116 valence electrons. The lowest BCUT2D eigenvalue weighted by Crippen LogP contribution is -2.32. The SMILES string of the molecule is CCCCCCCCCC(=O)[C@H]1CCCC[C@H]1C(=O)O. The zero-order chi connectivity index (χ0) is 14.8. The predicted octanol–water partition coefficient (Wildman–Crippen LogP) is 4.59. The van der Waals surface area contributed by atoms with Gasteiger partial charge in [-0.3, -0.25) is 9.59 Å². The Bertz CT molecular complexity index is 299. The largest absolute Gasteiger partial charge is 0.481 e. The highest BCUT2D eigenvalue weighted by atomic mass is 16.4. The first-order chi connectivity index (χ1) is 9.66. The summed E-state index contributed by atoms with van der Waals surface area (Å²) in [7, 11) is 0. The second-order valence-electron chi connectivity index (χ2n) is 6.17. The molecule has 0 heterocycles. The summed E-state index contributed by atoms with van der Waals surface area (Å²) >= 11 is 0. The molecule has 0 aromatic rings. The second-order valence-corrected chi connectivity index (χ2v) is 6.17. The molecule has 1 aliphatic carbocycles. The number of hydrogen-bond acceptors (Lipinski definition) is 2. The van der Waals surface area contributed by atoms with Gasteiger partial charge in [0.05, 0.1) is 5.92 Å². The predicted molar refractivity (Wildman–Crippen MR) is 80.7 cm³/mol. The number of carboxylic acids is 1. The van der Waals surface area contributed by atoms with E-state index in [0.29, 0.717) is 12.8 Å². The lowest BCUT2D eigenvalue weighted by atomic mass is 9.76. The third-order valence-electron chi connectivity index (χ3n) is 4.52.